The van der Waals surface area contributed by atoms with Crippen molar-refractivity contribution in [3.05, 3.63) is 35.0 Å². The summed E-state index contributed by atoms with van der Waals surface area (Å²) in [5.74, 6) is 4.05. The van der Waals surface area contributed by atoms with Crippen LogP contribution in [0.25, 0.3) is 0 Å². The van der Waals surface area contributed by atoms with Gasteiger partial charge in [0.15, 0.2) is 0 Å². The lowest BCUT2D eigenvalue weighted by atomic mass is 10.0. The molecule has 8 heteroatoms. The topological polar surface area (TPSA) is 62.8 Å². The molecule has 5 heterocycles. The number of thioether (sulfide) groups is 1. The molecule has 7 nitrogen and oxygen atoms in total. The van der Waals surface area contributed by atoms with Crippen molar-refractivity contribution in [2.24, 2.45) is 0 Å². The van der Waals surface area contributed by atoms with Crippen molar-refractivity contribution in [2.45, 2.75) is 68.9 Å². The standard InChI is InChI=1S/C28H39N5O2S/c1-2-32-12-5-20-3-4-24(19-21(20)6-13-32)35-23-7-14-33(15-8-23)28-30-25-11-18-36-26(25)27(31-28)29-22-9-16-34-17-10-22/h3-4,19,22-23H,2,5-18H2,1H3,(H,29,30,31). The maximum Gasteiger partial charge on any atom is 0.227 e. The molecule has 1 aromatic heterocycles. The van der Waals surface area contributed by atoms with E-state index in [9.17, 15) is 0 Å². The smallest absolute Gasteiger partial charge is 0.227 e. The van der Waals surface area contributed by atoms with E-state index in [1.807, 2.05) is 11.8 Å². The van der Waals surface area contributed by atoms with Crippen LogP contribution in [-0.4, -0.2) is 78.7 Å². The van der Waals surface area contributed by atoms with E-state index in [0.29, 0.717) is 6.04 Å². The van der Waals surface area contributed by atoms with Gasteiger partial charge in [0.25, 0.3) is 0 Å². The third-order valence-corrected chi connectivity index (χ3v) is 9.24. The highest BCUT2D eigenvalue weighted by Crippen LogP contribution is 2.38. The number of ether oxygens (including phenoxy) is 2. The zero-order chi connectivity index (χ0) is 24.3. The van der Waals surface area contributed by atoms with E-state index in [1.165, 1.54) is 21.7 Å². The number of anilines is 2. The second-order valence-electron chi connectivity index (χ2n) is 10.4. The Bertz CT molecular complexity index is 1050. The third kappa shape index (κ3) is 5.46. The number of aryl methyl sites for hydroxylation is 1. The highest BCUT2D eigenvalue weighted by Gasteiger charge is 2.27. The summed E-state index contributed by atoms with van der Waals surface area (Å²) in [4.78, 5) is 16.2. The van der Waals surface area contributed by atoms with E-state index in [-0.39, 0.29) is 6.10 Å². The number of nitrogens with one attached hydrogen (secondary N) is 1. The Morgan fingerprint density at radius 3 is 2.61 bits per heavy atom. The summed E-state index contributed by atoms with van der Waals surface area (Å²) in [6.07, 6.45) is 7.64. The molecule has 0 saturated carbocycles. The molecule has 0 amide bonds. The van der Waals surface area contributed by atoms with Crippen LogP contribution in [0.5, 0.6) is 5.75 Å². The van der Waals surface area contributed by atoms with E-state index in [4.69, 9.17) is 19.4 Å². The van der Waals surface area contributed by atoms with Gasteiger partial charge < -0.3 is 24.6 Å². The summed E-state index contributed by atoms with van der Waals surface area (Å²) in [6.45, 7) is 9.24. The fraction of sp³-hybridized carbons (Fsp3) is 0.643. The predicted molar refractivity (Wildman–Crippen MR) is 146 cm³/mol. The molecule has 2 saturated heterocycles. The molecule has 0 atom stereocenters. The first-order valence-corrected chi connectivity index (χ1v) is 14.9. The molecule has 1 N–H and O–H groups in total. The average molecular weight is 510 g/mol. The number of aromatic nitrogens is 2. The van der Waals surface area contributed by atoms with Crippen molar-refractivity contribution in [2.75, 3.05) is 61.9 Å². The second kappa shape index (κ2) is 11.2. The SMILES string of the molecule is CCN1CCc2ccc(OC3CCN(c4nc5c(c(NC6CCOCC6)n4)SCC5)CC3)cc2CC1. The Labute approximate surface area is 219 Å². The Morgan fingerprint density at radius 2 is 1.81 bits per heavy atom. The van der Waals surface area contributed by atoms with Crippen molar-refractivity contribution in [3.63, 3.8) is 0 Å². The molecule has 1 aromatic carbocycles. The van der Waals surface area contributed by atoms with Gasteiger partial charge in [0.1, 0.15) is 17.7 Å². The Hall–Kier alpha value is -2.03. The van der Waals surface area contributed by atoms with Crippen LogP contribution in [0.1, 0.15) is 49.4 Å². The lowest BCUT2D eigenvalue weighted by molar-refractivity contribution is 0.0903. The Kier molecular flexibility index (Phi) is 7.53. The first-order chi connectivity index (χ1) is 17.7. The number of likely N-dealkylation sites (N-methyl/N-ethyl adjacent to an activating group) is 1. The molecule has 0 spiro atoms. The van der Waals surface area contributed by atoms with Crippen LogP contribution in [0.2, 0.25) is 0 Å². The molecule has 36 heavy (non-hydrogen) atoms. The van der Waals surface area contributed by atoms with Gasteiger partial charge in [0.2, 0.25) is 5.95 Å². The minimum Gasteiger partial charge on any atom is -0.490 e. The summed E-state index contributed by atoms with van der Waals surface area (Å²) in [6, 6.07) is 7.22. The highest BCUT2D eigenvalue weighted by atomic mass is 32.2. The van der Waals surface area contributed by atoms with Crippen LogP contribution in [0.15, 0.2) is 23.1 Å². The fourth-order valence-electron chi connectivity index (χ4n) is 5.83. The number of piperidine rings is 1. The maximum absolute atomic E-state index is 6.49. The lowest BCUT2D eigenvalue weighted by Gasteiger charge is -2.33. The van der Waals surface area contributed by atoms with Gasteiger partial charge in [-0.1, -0.05) is 13.0 Å². The van der Waals surface area contributed by atoms with E-state index >= 15 is 0 Å². The summed E-state index contributed by atoms with van der Waals surface area (Å²) >= 11 is 1.89. The van der Waals surface area contributed by atoms with Crippen molar-refractivity contribution in [3.8, 4) is 5.75 Å². The van der Waals surface area contributed by atoms with Crippen LogP contribution in [-0.2, 0) is 24.0 Å². The maximum atomic E-state index is 6.49. The Morgan fingerprint density at radius 1 is 1.00 bits per heavy atom. The number of nitrogens with zero attached hydrogens (tertiary/aromatic N) is 4. The molecular weight excluding hydrogens is 470 g/mol. The summed E-state index contributed by atoms with van der Waals surface area (Å²) in [5, 5.41) is 3.73. The zero-order valence-electron chi connectivity index (χ0n) is 21.5. The molecule has 2 fully saturated rings. The van der Waals surface area contributed by atoms with Gasteiger partial charge in [0, 0.05) is 70.4 Å². The minimum atomic E-state index is 0.252. The largest absolute Gasteiger partial charge is 0.490 e. The van der Waals surface area contributed by atoms with Crippen molar-refractivity contribution < 1.29 is 9.47 Å². The van der Waals surface area contributed by atoms with E-state index in [0.717, 1.165) is 114 Å². The summed E-state index contributed by atoms with van der Waals surface area (Å²) in [7, 11) is 0. The number of fused-ring (bicyclic) bond motifs is 2. The zero-order valence-corrected chi connectivity index (χ0v) is 22.3. The van der Waals surface area contributed by atoms with E-state index < -0.39 is 0 Å². The van der Waals surface area contributed by atoms with Crippen molar-refractivity contribution >= 4 is 23.5 Å². The molecule has 6 rings (SSSR count). The number of hydrogen-bond donors (Lipinski definition) is 1. The van der Waals surface area contributed by atoms with Gasteiger partial charge in [-0.2, -0.15) is 4.98 Å². The van der Waals surface area contributed by atoms with Gasteiger partial charge in [-0.25, -0.2) is 4.98 Å². The van der Waals surface area contributed by atoms with Gasteiger partial charge in [0.05, 0.1) is 10.6 Å². The first-order valence-electron chi connectivity index (χ1n) is 13.9. The van der Waals surface area contributed by atoms with E-state index in [1.54, 1.807) is 0 Å². The molecular formula is C28H39N5O2S. The Balaban J connectivity index is 1.09. The van der Waals surface area contributed by atoms with Gasteiger partial charge in [-0.15, -0.1) is 11.8 Å². The molecule has 0 unspecified atom stereocenters. The minimum absolute atomic E-state index is 0.252. The van der Waals surface area contributed by atoms with Gasteiger partial charge >= 0.3 is 0 Å². The van der Waals surface area contributed by atoms with Crippen LogP contribution in [0.4, 0.5) is 11.8 Å². The molecule has 0 aliphatic carbocycles. The average Bonchev–Trinajstić information content (AvgIpc) is 3.30. The molecule has 2 aromatic rings. The highest BCUT2D eigenvalue weighted by molar-refractivity contribution is 7.99. The van der Waals surface area contributed by atoms with Crippen LogP contribution in [0, 0.1) is 0 Å². The lowest BCUT2D eigenvalue weighted by Crippen LogP contribution is -2.39. The normalized spacial score (nSPS) is 21.6. The predicted octanol–water partition coefficient (Wildman–Crippen LogP) is 4.18. The first kappa shape index (κ1) is 24.3. The molecule has 194 valence electrons. The summed E-state index contributed by atoms with van der Waals surface area (Å²) < 4.78 is 12.0. The summed E-state index contributed by atoms with van der Waals surface area (Å²) in [5.41, 5.74) is 4.17. The van der Waals surface area contributed by atoms with Gasteiger partial charge in [-0.05, 0) is 55.5 Å². The van der Waals surface area contributed by atoms with Crippen LogP contribution >= 0.6 is 11.8 Å². The van der Waals surface area contributed by atoms with E-state index in [2.05, 4.69) is 40.2 Å². The van der Waals surface area contributed by atoms with Crippen molar-refractivity contribution in [1.82, 2.24) is 14.9 Å². The van der Waals surface area contributed by atoms with Crippen LogP contribution < -0.4 is 15.0 Å². The molecule has 4 aliphatic heterocycles. The molecule has 0 bridgehead atoms. The number of rotatable bonds is 6. The monoisotopic (exact) mass is 509 g/mol. The third-order valence-electron chi connectivity index (χ3n) is 8.12. The number of benzene rings is 1. The quantitative estimate of drug-likeness (QED) is 0.622. The van der Waals surface area contributed by atoms with Crippen LogP contribution in [0.3, 0.4) is 0 Å². The molecule has 4 aliphatic rings. The van der Waals surface area contributed by atoms with Gasteiger partial charge in [-0.3, -0.25) is 0 Å². The molecule has 0 radical (unpaired) electrons. The fourth-order valence-corrected chi connectivity index (χ4v) is 6.89. The second-order valence-corrected chi connectivity index (χ2v) is 11.6. The number of hydrogen-bond acceptors (Lipinski definition) is 8. The van der Waals surface area contributed by atoms with Crippen molar-refractivity contribution in [1.29, 1.82) is 0 Å².